The number of aryl methyl sites for hydroxylation is 1. The van der Waals surface area contributed by atoms with Crippen molar-refractivity contribution in [3.05, 3.63) is 50.9 Å². The lowest BCUT2D eigenvalue weighted by Crippen LogP contribution is -2.07. The van der Waals surface area contributed by atoms with Crippen molar-refractivity contribution in [1.29, 1.82) is 0 Å². The molecule has 0 radical (unpaired) electrons. The zero-order chi connectivity index (χ0) is 13.3. The molecule has 1 heterocycles. The van der Waals surface area contributed by atoms with E-state index in [0.717, 1.165) is 21.4 Å². The van der Waals surface area contributed by atoms with Gasteiger partial charge in [-0.3, -0.25) is 4.68 Å². The van der Waals surface area contributed by atoms with Crippen LogP contribution in [0, 0.1) is 10.6 Å². The van der Waals surface area contributed by atoms with Crippen molar-refractivity contribution in [2.75, 3.05) is 0 Å². The Balaban J connectivity index is 2.24. The first-order valence-corrected chi connectivity index (χ1v) is 6.30. The molecule has 0 amide bonds. The van der Waals surface area contributed by atoms with Crippen LogP contribution in [0.3, 0.4) is 0 Å². The standard InChI is InChI=1S/C12H10F3IN2/c1-8-6-18(17-11(8)16)7-9-3-2-4-10(5-9)12(13,14)15/h2-6H,7H2,1H3. The van der Waals surface area contributed by atoms with Crippen LogP contribution in [0.5, 0.6) is 0 Å². The summed E-state index contributed by atoms with van der Waals surface area (Å²) in [6, 6.07) is 5.31. The highest BCUT2D eigenvalue weighted by molar-refractivity contribution is 14.1. The van der Waals surface area contributed by atoms with Gasteiger partial charge in [0, 0.05) is 11.8 Å². The number of halogens is 4. The Morgan fingerprint density at radius 2 is 2.06 bits per heavy atom. The van der Waals surface area contributed by atoms with Crippen molar-refractivity contribution in [2.45, 2.75) is 19.6 Å². The first-order valence-electron chi connectivity index (χ1n) is 5.22. The van der Waals surface area contributed by atoms with Crippen LogP contribution >= 0.6 is 22.6 Å². The van der Waals surface area contributed by atoms with Gasteiger partial charge < -0.3 is 0 Å². The second-order valence-electron chi connectivity index (χ2n) is 4.00. The van der Waals surface area contributed by atoms with E-state index >= 15 is 0 Å². The molecule has 0 bridgehead atoms. The van der Waals surface area contributed by atoms with Crippen LogP contribution in [-0.4, -0.2) is 9.78 Å². The summed E-state index contributed by atoms with van der Waals surface area (Å²) in [6.45, 7) is 2.26. The SMILES string of the molecule is Cc1cn(Cc2cccc(C(F)(F)F)c2)nc1I. The number of nitrogens with zero attached hydrogens (tertiary/aromatic N) is 2. The highest BCUT2D eigenvalue weighted by atomic mass is 127. The Morgan fingerprint density at radius 3 is 2.61 bits per heavy atom. The maximum Gasteiger partial charge on any atom is 0.416 e. The van der Waals surface area contributed by atoms with Gasteiger partial charge in [-0.05, 0) is 47.2 Å². The minimum atomic E-state index is -4.30. The number of hydrogen-bond donors (Lipinski definition) is 0. The molecule has 1 aromatic carbocycles. The molecule has 0 N–H and O–H groups in total. The quantitative estimate of drug-likeness (QED) is 0.739. The zero-order valence-electron chi connectivity index (χ0n) is 9.50. The van der Waals surface area contributed by atoms with Crippen molar-refractivity contribution in [3.63, 3.8) is 0 Å². The highest BCUT2D eigenvalue weighted by Gasteiger charge is 2.30. The summed E-state index contributed by atoms with van der Waals surface area (Å²) in [5.41, 5.74) is 0.977. The third-order valence-electron chi connectivity index (χ3n) is 2.48. The molecule has 1 aromatic heterocycles. The van der Waals surface area contributed by atoms with Crippen LogP contribution in [0.4, 0.5) is 13.2 Å². The van der Waals surface area contributed by atoms with Crippen LogP contribution in [-0.2, 0) is 12.7 Å². The minimum absolute atomic E-state index is 0.341. The van der Waals surface area contributed by atoms with Crippen molar-refractivity contribution in [1.82, 2.24) is 9.78 Å². The Morgan fingerprint density at radius 1 is 1.33 bits per heavy atom. The number of hydrogen-bond acceptors (Lipinski definition) is 1. The van der Waals surface area contributed by atoms with Crippen LogP contribution in [0.15, 0.2) is 30.5 Å². The van der Waals surface area contributed by atoms with Gasteiger partial charge in [-0.1, -0.05) is 12.1 Å². The third kappa shape index (κ3) is 3.04. The van der Waals surface area contributed by atoms with Crippen molar-refractivity contribution in [3.8, 4) is 0 Å². The second kappa shape index (κ2) is 4.91. The fraction of sp³-hybridized carbons (Fsp3) is 0.250. The van der Waals surface area contributed by atoms with Crippen molar-refractivity contribution >= 4 is 22.6 Å². The summed E-state index contributed by atoms with van der Waals surface area (Å²) in [5.74, 6) is 0. The molecule has 0 fully saturated rings. The Labute approximate surface area is 116 Å². The number of alkyl halides is 3. The molecule has 0 aliphatic rings. The molecule has 0 spiro atoms. The maximum atomic E-state index is 12.6. The van der Waals surface area contributed by atoms with Gasteiger partial charge in [0.05, 0.1) is 12.1 Å². The smallest absolute Gasteiger partial charge is 0.267 e. The highest BCUT2D eigenvalue weighted by Crippen LogP contribution is 2.29. The topological polar surface area (TPSA) is 17.8 Å². The van der Waals surface area contributed by atoms with E-state index in [4.69, 9.17) is 0 Å². The number of aromatic nitrogens is 2. The Hall–Kier alpha value is -1.05. The first-order chi connectivity index (χ1) is 8.36. The van der Waals surface area contributed by atoms with E-state index in [9.17, 15) is 13.2 Å². The summed E-state index contributed by atoms with van der Waals surface area (Å²) in [5, 5.41) is 4.22. The number of benzene rings is 1. The fourth-order valence-corrected chi connectivity index (χ4v) is 2.03. The van der Waals surface area contributed by atoms with Gasteiger partial charge in [0.1, 0.15) is 3.70 Å². The summed E-state index contributed by atoms with van der Waals surface area (Å²) < 4.78 is 40.2. The second-order valence-corrected chi connectivity index (χ2v) is 5.02. The van der Waals surface area contributed by atoms with Gasteiger partial charge in [0.25, 0.3) is 0 Å². The predicted molar refractivity (Wildman–Crippen MR) is 70.2 cm³/mol. The largest absolute Gasteiger partial charge is 0.416 e. The van der Waals surface area contributed by atoms with Crippen LogP contribution < -0.4 is 0 Å². The van der Waals surface area contributed by atoms with E-state index in [2.05, 4.69) is 27.7 Å². The molecule has 0 atom stereocenters. The van der Waals surface area contributed by atoms with Gasteiger partial charge in [0.15, 0.2) is 0 Å². The van der Waals surface area contributed by atoms with Crippen molar-refractivity contribution < 1.29 is 13.2 Å². The summed E-state index contributed by atoms with van der Waals surface area (Å²) in [6.07, 6.45) is -2.48. The van der Waals surface area contributed by atoms with E-state index in [0.29, 0.717) is 12.1 Å². The van der Waals surface area contributed by atoms with Crippen LogP contribution in [0.25, 0.3) is 0 Å². The molecule has 18 heavy (non-hydrogen) atoms. The van der Waals surface area contributed by atoms with Crippen molar-refractivity contribution in [2.24, 2.45) is 0 Å². The third-order valence-corrected chi connectivity index (χ3v) is 3.55. The lowest BCUT2D eigenvalue weighted by atomic mass is 10.1. The predicted octanol–water partition coefficient (Wildman–Crippen LogP) is 3.86. The zero-order valence-corrected chi connectivity index (χ0v) is 11.7. The van der Waals surface area contributed by atoms with Gasteiger partial charge >= 0.3 is 6.18 Å². The molecular formula is C12H10F3IN2. The molecule has 0 saturated heterocycles. The molecule has 0 aliphatic carbocycles. The number of rotatable bonds is 2. The molecule has 0 aliphatic heterocycles. The molecule has 6 heteroatoms. The molecule has 0 saturated carbocycles. The molecule has 2 nitrogen and oxygen atoms in total. The monoisotopic (exact) mass is 366 g/mol. The average Bonchev–Trinajstić information content (AvgIpc) is 2.57. The van der Waals surface area contributed by atoms with E-state index in [-0.39, 0.29) is 0 Å². The molecule has 2 rings (SSSR count). The van der Waals surface area contributed by atoms with Gasteiger partial charge in [-0.25, -0.2) is 0 Å². The van der Waals surface area contributed by atoms with E-state index in [1.807, 2.05) is 13.1 Å². The van der Waals surface area contributed by atoms with Gasteiger partial charge in [-0.15, -0.1) is 0 Å². The van der Waals surface area contributed by atoms with Crippen LogP contribution in [0.1, 0.15) is 16.7 Å². The average molecular weight is 366 g/mol. The van der Waals surface area contributed by atoms with Crippen LogP contribution in [0.2, 0.25) is 0 Å². The fourth-order valence-electron chi connectivity index (χ4n) is 1.61. The summed E-state index contributed by atoms with van der Waals surface area (Å²) >= 11 is 2.10. The molecule has 0 unspecified atom stereocenters. The summed E-state index contributed by atoms with van der Waals surface area (Å²) in [7, 11) is 0. The normalized spacial score (nSPS) is 11.8. The van der Waals surface area contributed by atoms with E-state index < -0.39 is 11.7 Å². The lowest BCUT2D eigenvalue weighted by molar-refractivity contribution is -0.137. The Kier molecular flexibility index (Phi) is 3.65. The minimum Gasteiger partial charge on any atom is -0.267 e. The van der Waals surface area contributed by atoms with E-state index in [1.54, 1.807) is 10.7 Å². The summed E-state index contributed by atoms with van der Waals surface area (Å²) in [4.78, 5) is 0. The van der Waals surface area contributed by atoms with E-state index in [1.165, 1.54) is 6.07 Å². The first kappa shape index (κ1) is 13.4. The lowest BCUT2D eigenvalue weighted by Gasteiger charge is -2.08. The maximum absolute atomic E-state index is 12.6. The molecular weight excluding hydrogens is 356 g/mol. The molecule has 96 valence electrons. The van der Waals surface area contributed by atoms with Gasteiger partial charge in [0.2, 0.25) is 0 Å². The Bertz CT molecular complexity index is 541. The van der Waals surface area contributed by atoms with Gasteiger partial charge in [-0.2, -0.15) is 18.3 Å². The molecule has 2 aromatic rings.